The molecule has 3 rings (SSSR count). The number of carbonyl (C=O) groups excluding carboxylic acids is 1. The first-order valence-corrected chi connectivity index (χ1v) is 7.52. The van der Waals surface area contributed by atoms with Crippen LogP contribution < -0.4 is 4.74 Å². The van der Waals surface area contributed by atoms with Gasteiger partial charge in [-0.05, 0) is 35.7 Å². The van der Waals surface area contributed by atoms with E-state index >= 15 is 0 Å². The van der Waals surface area contributed by atoms with Crippen molar-refractivity contribution < 1.29 is 14.3 Å². The molecule has 0 spiro atoms. The van der Waals surface area contributed by atoms with Crippen LogP contribution in [0.3, 0.4) is 0 Å². The van der Waals surface area contributed by atoms with Gasteiger partial charge < -0.3 is 9.47 Å². The van der Waals surface area contributed by atoms with Gasteiger partial charge in [0.25, 0.3) is 0 Å². The highest BCUT2D eigenvalue weighted by atomic mass is 16.7. The highest BCUT2D eigenvalue weighted by Gasteiger charge is 2.14. The van der Waals surface area contributed by atoms with Crippen LogP contribution in [0, 0.1) is 0 Å². The van der Waals surface area contributed by atoms with E-state index in [2.05, 4.69) is 19.1 Å². The third kappa shape index (κ3) is 2.50. The molecule has 0 aliphatic heterocycles. The number of hydrogen-bond acceptors (Lipinski definition) is 3. The van der Waals surface area contributed by atoms with Gasteiger partial charge in [-0.15, -0.1) is 0 Å². The van der Waals surface area contributed by atoms with Gasteiger partial charge in [0.15, 0.2) is 0 Å². The third-order valence-corrected chi connectivity index (χ3v) is 3.77. The minimum Gasteiger partial charge on any atom is -0.434 e. The van der Waals surface area contributed by atoms with E-state index in [-0.39, 0.29) is 0 Å². The number of carbonyl (C=O) groups is 1. The fraction of sp³-hybridized carbons (Fsp3) is 0.211. The van der Waals surface area contributed by atoms with Gasteiger partial charge in [-0.1, -0.05) is 49.4 Å². The van der Waals surface area contributed by atoms with Crippen molar-refractivity contribution in [3.05, 3.63) is 54.1 Å². The molecule has 0 N–H and O–H groups in total. The molecular weight excluding hydrogens is 276 g/mol. The van der Waals surface area contributed by atoms with Crippen LogP contribution in [0.2, 0.25) is 0 Å². The van der Waals surface area contributed by atoms with E-state index in [1.165, 1.54) is 5.56 Å². The molecule has 0 bridgehead atoms. The van der Waals surface area contributed by atoms with Crippen LogP contribution in [0.25, 0.3) is 21.5 Å². The van der Waals surface area contributed by atoms with E-state index in [0.717, 1.165) is 28.0 Å². The molecule has 3 heteroatoms. The van der Waals surface area contributed by atoms with Crippen LogP contribution in [-0.2, 0) is 11.2 Å². The first kappa shape index (κ1) is 14.4. The molecule has 0 amide bonds. The molecule has 0 radical (unpaired) electrons. The molecule has 22 heavy (non-hydrogen) atoms. The lowest BCUT2D eigenvalue weighted by Crippen LogP contribution is -2.10. The zero-order chi connectivity index (χ0) is 15.5. The molecule has 0 aliphatic carbocycles. The van der Waals surface area contributed by atoms with Crippen LogP contribution >= 0.6 is 0 Å². The Kier molecular flexibility index (Phi) is 3.96. The maximum absolute atomic E-state index is 11.8. The van der Waals surface area contributed by atoms with Crippen molar-refractivity contribution in [2.45, 2.75) is 20.3 Å². The Morgan fingerprint density at radius 1 is 0.955 bits per heavy atom. The Balaban J connectivity index is 2.30. The monoisotopic (exact) mass is 294 g/mol. The Bertz CT molecular complexity index is 837. The summed E-state index contributed by atoms with van der Waals surface area (Å²) >= 11 is 0. The number of hydrogen-bond donors (Lipinski definition) is 0. The van der Waals surface area contributed by atoms with Gasteiger partial charge in [0.1, 0.15) is 5.75 Å². The van der Waals surface area contributed by atoms with Crippen molar-refractivity contribution in [2.75, 3.05) is 6.61 Å². The van der Waals surface area contributed by atoms with E-state index in [1.807, 2.05) is 36.4 Å². The zero-order valence-corrected chi connectivity index (χ0v) is 12.8. The average molecular weight is 294 g/mol. The summed E-state index contributed by atoms with van der Waals surface area (Å²) in [5, 5.41) is 4.01. The molecule has 3 aromatic rings. The zero-order valence-electron chi connectivity index (χ0n) is 12.8. The number of benzene rings is 3. The maximum atomic E-state index is 11.8. The second-order valence-corrected chi connectivity index (χ2v) is 5.08. The topological polar surface area (TPSA) is 35.5 Å². The molecule has 0 aliphatic rings. The van der Waals surface area contributed by atoms with Crippen molar-refractivity contribution in [1.82, 2.24) is 0 Å². The molecule has 0 aromatic heterocycles. The number of fused-ring (bicyclic) bond motifs is 2. The van der Waals surface area contributed by atoms with Crippen molar-refractivity contribution in [2.24, 2.45) is 0 Å². The van der Waals surface area contributed by atoms with Gasteiger partial charge in [-0.2, -0.15) is 0 Å². The van der Waals surface area contributed by atoms with Crippen LogP contribution in [0.15, 0.2) is 48.5 Å². The summed E-state index contributed by atoms with van der Waals surface area (Å²) in [6.45, 7) is 4.18. The third-order valence-electron chi connectivity index (χ3n) is 3.77. The fourth-order valence-electron chi connectivity index (χ4n) is 2.76. The van der Waals surface area contributed by atoms with E-state index in [0.29, 0.717) is 12.4 Å². The fourth-order valence-corrected chi connectivity index (χ4v) is 2.76. The number of ether oxygens (including phenoxy) is 2. The van der Waals surface area contributed by atoms with Crippen molar-refractivity contribution in [1.29, 1.82) is 0 Å². The minimum absolute atomic E-state index is 0.293. The van der Waals surface area contributed by atoms with Crippen LogP contribution in [0.1, 0.15) is 19.4 Å². The lowest BCUT2D eigenvalue weighted by atomic mass is 9.97. The summed E-state index contributed by atoms with van der Waals surface area (Å²) in [6.07, 6.45) is 0.260. The van der Waals surface area contributed by atoms with E-state index in [1.54, 1.807) is 6.92 Å². The Morgan fingerprint density at radius 3 is 2.50 bits per heavy atom. The quantitative estimate of drug-likeness (QED) is 0.383. The number of aryl methyl sites for hydroxylation is 1. The smallest absolute Gasteiger partial charge is 0.434 e. The molecule has 3 aromatic carbocycles. The molecule has 112 valence electrons. The Morgan fingerprint density at radius 2 is 1.73 bits per heavy atom. The summed E-state index contributed by atoms with van der Waals surface area (Å²) in [4.78, 5) is 11.8. The largest absolute Gasteiger partial charge is 0.513 e. The highest BCUT2D eigenvalue weighted by Crippen LogP contribution is 2.36. The van der Waals surface area contributed by atoms with Crippen LogP contribution in [0.4, 0.5) is 4.79 Å². The summed E-state index contributed by atoms with van der Waals surface area (Å²) in [5.41, 5.74) is 1.23. The van der Waals surface area contributed by atoms with Gasteiger partial charge in [0.2, 0.25) is 0 Å². The molecule has 0 heterocycles. The molecule has 0 saturated carbocycles. The van der Waals surface area contributed by atoms with E-state index < -0.39 is 6.16 Å². The average Bonchev–Trinajstić information content (AvgIpc) is 2.54. The molecular formula is C19H18O3. The van der Waals surface area contributed by atoms with Gasteiger partial charge in [0.05, 0.1) is 6.61 Å². The summed E-state index contributed by atoms with van der Waals surface area (Å²) in [7, 11) is 0. The number of rotatable bonds is 3. The first-order valence-electron chi connectivity index (χ1n) is 7.52. The van der Waals surface area contributed by atoms with Crippen molar-refractivity contribution in [3.8, 4) is 5.75 Å². The summed E-state index contributed by atoms with van der Waals surface area (Å²) in [6, 6.07) is 16.1. The summed E-state index contributed by atoms with van der Waals surface area (Å²) in [5.74, 6) is 0.571. The normalized spacial score (nSPS) is 10.8. The predicted molar refractivity (Wildman–Crippen MR) is 88.5 cm³/mol. The van der Waals surface area contributed by atoms with E-state index in [4.69, 9.17) is 9.47 Å². The second-order valence-electron chi connectivity index (χ2n) is 5.08. The maximum Gasteiger partial charge on any atom is 0.513 e. The van der Waals surface area contributed by atoms with Crippen molar-refractivity contribution >= 4 is 27.7 Å². The van der Waals surface area contributed by atoms with Gasteiger partial charge in [-0.25, -0.2) is 4.79 Å². The van der Waals surface area contributed by atoms with Crippen LogP contribution in [0.5, 0.6) is 5.75 Å². The Labute approximate surface area is 129 Å². The van der Waals surface area contributed by atoms with Gasteiger partial charge in [0, 0.05) is 10.8 Å². The summed E-state index contributed by atoms with van der Waals surface area (Å²) < 4.78 is 10.5. The minimum atomic E-state index is -0.665. The second kappa shape index (κ2) is 6.06. The van der Waals surface area contributed by atoms with Gasteiger partial charge in [-0.3, -0.25) is 0 Å². The molecule has 0 fully saturated rings. The molecule has 0 saturated heterocycles. The van der Waals surface area contributed by atoms with Gasteiger partial charge >= 0.3 is 6.16 Å². The SMILES string of the molecule is CCOC(=O)Oc1c2ccccc2cc2c(CC)cccc12. The highest BCUT2D eigenvalue weighted by molar-refractivity contribution is 6.07. The lowest BCUT2D eigenvalue weighted by molar-refractivity contribution is 0.105. The molecule has 0 atom stereocenters. The lowest BCUT2D eigenvalue weighted by Gasteiger charge is -2.13. The first-order chi connectivity index (χ1) is 10.7. The van der Waals surface area contributed by atoms with E-state index in [9.17, 15) is 4.79 Å². The van der Waals surface area contributed by atoms with Crippen molar-refractivity contribution in [3.63, 3.8) is 0 Å². The van der Waals surface area contributed by atoms with Crippen LogP contribution in [-0.4, -0.2) is 12.8 Å². The Hall–Kier alpha value is -2.55. The molecule has 3 nitrogen and oxygen atoms in total. The standard InChI is InChI=1S/C19H18O3/c1-3-13-9-7-11-16-17(13)12-14-8-5-6-10-15(14)18(16)22-19(20)21-4-2/h5-12H,3-4H2,1-2H3. The predicted octanol–water partition coefficient (Wildman–Crippen LogP) is 5.09. The molecule has 0 unspecified atom stereocenters.